The number of nitrogens with one attached hydrogen (secondary N) is 2. The van der Waals surface area contributed by atoms with Crippen molar-refractivity contribution in [2.75, 3.05) is 23.7 Å². The molecule has 0 spiro atoms. The fourth-order valence-corrected chi connectivity index (χ4v) is 1.55. The zero-order valence-electron chi connectivity index (χ0n) is 8.72. The normalized spacial score (nSPS) is 21.3. The third-order valence-electron chi connectivity index (χ3n) is 2.74. The van der Waals surface area contributed by atoms with Crippen molar-refractivity contribution < 1.29 is 0 Å². The Hall–Kier alpha value is -1.44. The summed E-state index contributed by atoms with van der Waals surface area (Å²) in [5.74, 6) is 0. The largest absolute Gasteiger partial charge is 0.380 e. The van der Waals surface area contributed by atoms with Crippen molar-refractivity contribution in [3.8, 4) is 0 Å². The first-order valence-corrected chi connectivity index (χ1v) is 4.99. The maximum atomic E-state index is 3.42. The molecule has 1 aliphatic rings. The van der Waals surface area contributed by atoms with E-state index >= 15 is 0 Å². The van der Waals surface area contributed by atoms with Crippen molar-refractivity contribution in [1.82, 2.24) is 0 Å². The molecule has 0 saturated heterocycles. The van der Waals surface area contributed by atoms with Crippen molar-refractivity contribution in [2.45, 2.75) is 13.8 Å². The molecule has 0 aromatic heterocycles. The van der Waals surface area contributed by atoms with Crippen molar-refractivity contribution in [1.29, 1.82) is 0 Å². The Bertz CT molecular complexity index is 331. The summed E-state index contributed by atoms with van der Waals surface area (Å²) in [5.41, 5.74) is 5.23. The molecule has 1 aliphatic heterocycles. The maximum absolute atomic E-state index is 3.42. The Balaban J connectivity index is 2.28. The minimum Gasteiger partial charge on any atom is -0.380 e. The molecule has 2 N–H and O–H groups in total. The van der Waals surface area contributed by atoms with E-state index in [2.05, 4.69) is 48.7 Å². The molecule has 0 amide bonds. The lowest BCUT2D eigenvalue weighted by Crippen LogP contribution is -2.14. The zero-order valence-corrected chi connectivity index (χ0v) is 8.72. The minimum absolute atomic E-state index is 0.949. The van der Waals surface area contributed by atoms with Gasteiger partial charge in [-0.2, -0.15) is 0 Å². The summed E-state index contributed by atoms with van der Waals surface area (Å²) in [6.45, 7) is 6.25. The molecule has 1 aromatic rings. The predicted octanol–water partition coefficient (Wildman–Crippen LogP) is 2.86. The van der Waals surface area contributed by atoms with Crippen LogP contribution in [0.25, 0.3) is 0 Å². The lowest BCUT2D eigenvalue weighted by atomic mass is 10.1. The summed E-state index contributed by atoms with van der Waals surface area (Å²) in [4.78, 5) is 0. The van der Waals surface area contributed by atoms with Crippen LogP contribution >= 0.6 is 0 Å². The second-order valence-electron chi connectivity index (χ2n) is 3.81. The fourth-order valence-electron chi connectivity index (χ4n) is 1.55. The zero-order chi connectivity index (χ0) is 9.97. The SMILES string of the molecule is C/C1=C(\C)CNc2ccccc2NC1. The average Bonchev–Trinajstić information content (AvgIpc) is 2.21. The highest BCUT2D eigenvalue weighted by atomic mass is 15.0. The third kappa shape index (κ3) is 1.74. The maximum Gasteiger partial charge on any atom is 0.0578 e. The molecule has 2 rings (SSSR count). The highest BCUT2D eigenvalue weighted by molar-refractivity contribution is 5.69. The number of fused-ring (bicyclic) bond motifs is 1. The summed E-state index contributed by atoms with van der Waals surface area (Å²) >= 11 is 0. The van der Waals surface area contributed by atoms with Crippen molar-refractivity contribution in [2.24, 2.45) is 0 Å². The number of hydrogen-bond donors (Lipinski definition) is 2. The minimum atomic E-state index is 0.949. The number of para-hydroxylation sites is 2. The van der Waals surface area contributed by atoms with E-state index in [0.29, 0.717) is 0 Å². The van der Waals surface area contributed by atoms with E-state index in [1.165, 1.54) is 22.5 Å². The summed E-state index contributed by atoms with van der Waals surface area (Å²) in [6.07, 6.45) is 0. The standard InChI is InChI=1S/C12H16N2/c1-9-7-13-11-5-3-4-6-12(11)14-8-10(9)2/h3-6,13-14H,7-8H2,1-2H3/b10-9-. The quantitative estimate of drug-likeness (QED) is 0.612. The van der Waals surface area contributed by atoms with Gasteiger partial charge in [0.1, 0.15) is 0 Å². The summed E-state index contributed by atoms with van der Waals surface area (Å²) in [5, 5.41) is 6.85. The van der Waals surface area contributed by atoms with Crippen LogP contribution in [0.5, 0.6) is 0 Å². The molecule has 0 atom stereocenters. The molecule has 0 aliphatic carbocycles. The van der Waals surface area contributed by atoms with Crippen LogP contribution in [-0.4, -0.2) is 13.1 Å². The molecular formula is C12H16N2. The van der Waals surface area contributed by atoms with Gasteiger partial charge in [0, 0.05) is 13.1 Å². The molecule has 0 saturated carbocycles. The van der Waals surface area contributed by atoms with Gasteiger partial charge >= 0.3 is 0 Å². The topological polar surface area (TPSA) is 24.1 Å². The molecule has 0 fully saturated rings. The lowest BCUT2D eigenvalue weighted by molar-refractivity contribution is 1.07. The molecular weight excluding hydrogens is 172 g/mol. The second-order valence-corrected chi connectivity index (χ2v) is 3.81. The van der Waals surface area contributed by atoms with E-state index < -0.39 is 0 Å². The Labute approximate surface area is 85.0 Å². The van der Waals surface area contributed by atoms with Crippen LogP contribution in [0.1, 0.15) is 13.8 Å². The Morgan fingerprint density at radius 3 is 1.71 bits per heavy atom. The van der Waals surface area contributed by atoms with Crippen LogP contribution < -0.4 is 10.6 Å². The van der Waals surface area contributed by atoms with Crippen LogP contribution in [0, 0.1) is 0 Å². The van der Waals surface area contributed by atoms with E-state index in [4.69, 9.17) is 0 Å². The van der Waals surface area contributed by atoms with Gasteiger partial charge in [-0.05, 0) is 26.0 Å². The summed E-state index contributed by atoms with van der Waals surface area (Å²) in [7, 11) is 0. The van der Waals surface area contributed by atoms with E-state index in [9.17, 15) is 0 Å². The smallest absolute Gasteiger partial charge is 0.0578 e. The first kappa shape index (κ1) is 9.13. The first-order chi connectivity index (χ1) is 6.77. The van der Waals surface area contributed by atoms with Gasteiger partial charge < -0.3 is 10.6 Å². The second kappa shape index (κ2) is 3.74. The molecule has 0 radical (unpaired) electrons. The highest BCUT2D eigenvalue weighted by Gasteiger charge is 2.06. The lowest BCUT2D eigenvalue weighted by Gasteiger charge is -2.19. The molecule has 2 nitrogen and oxygen atoms in total. The molecule has 14 heavy (non-hydrogen) atoms. The van der Waals surface area contributed by atoms with Crippen molar-refractivity contribution >= 4 is 11.4 Å². The monoisotopic (exact) mass is 188 g/mol. The Morgan fingerprint density at radius 1 is 0.857 bits per heavy atom. The first-order valence-electron chi connectivity index (χ1n) is 4.99. The molecule has 2 heteroatoms. The van der Waals surface area contributed by atoms with Crippen LogP contribution in [0.4, 0.5) is 11.4 Å². The molecule has 74 valence electrons. The van der Waals surface area contributed by atoms with Gasteiger partial charge in [-0.3, -0.25) is 0 Å². The molecule has 0 bridgehead atoms. The van der Waals surface area contributed by atoms with E-state index in [-0.39, 0.29) is 0 Å². The van der Waals surface area contributed by atoms with Gasteiger partial charge in [-0.15, -0.1) is 0 Å². The van der Waals surface area contributed by atoms with Gasteiger partial charge in [0.25, 0.3) is 0 Å². The Morgan fingerprint density at radius 2 is 1.29 bits per heavy atom. The van der Waals surface area contributed by atoms with Gasteiger partial charge in [-0.1, -0.05) is 23.3 Å². The van der Waals surface area contributed by atoms with Gasteiger partial charge in [0.2, 0.25) is 0 Å². The predicted molar refractivity (Wildman–Crippen MR) is 61.8 cm³/mol. The van der Waals surface area contributed by atoms with Gasteiger partial charge in [0.05, 0.1) is 11.4 Å². The van der Waals surface area contributed by atoms with Gasteiger partial charge in [0.15, 0.2) is 0 Å². The Kier molecular flexibility index (Phi) is 2.44. The molecule has 1 heterocycles. The van der Waals surface area contributed by atoms with Crippen molar-refractivity contribution in [3.05, 3.63) is 35.4 Å². The summed E-state index contributed by atoms with van der Waals surface area (Å²) < 4.78 is 0. The number of anilines is 2. The fraction of sp³-hybridized carbons (Fsp3) is 0.333. The van der Waals surface area contributed by atoms with Crippen LogP contribution in [0.15, 0.2) is 35.4 Å². The van der Waals surface area contributed by atoms with Crippen molar-refractivity contribution in [3.63, 3.8) is 0 Å². The van der Waals surface area contributed by atoms with E-state index in [0.717, 1.165) is 13.1 Å². The average molecular weight is 188 g/mol. The molecule has 0 unspecified atom stereocenters. The van der Waals surface area contributed by atoms with Crippen LogP contribution in [0.2, 0.25) is 0 Å². The highest BCUT2D eigenvalue weighted by Crippen LogP contribution is 2.23. The third-order valence-corrected chi connectivity index (χ3v) is 2.74. The van der Waals surface area contributed by atoms with Crippen LogP contribution in [-0.2, 0) is 0 Å². The number of benzene rings is 1. The van der Waals surface area contributed by atoms with E-state index in [1.807, 2.05) is 0 Å². The van der Waals surface area contributed by atoms with Crippen LogP contribution in [0.3, 0.4) is 0 Å². The van der Waals surface area contributed by atoms with E-state index in [1.54, 1.807) is 0 Å². The molecule has 1 aromatic carbocycles. The summed E-state index contributed by atoms with van der Waals surface area (Å²) in [6, 6.07) is 8.33. The number of rotatable bonds is 0. The number of hydrogen-bond acceptors (Lipinski definition) is 2. The van der Waals surface area contributed by atoms with Gasteiger partial charge in [-0.25, -0.2) is 0 Å².